The van der Waals surface area contributed by atoms with E-state index in [1.54, 1.807) is 7.11 Å². The van der Waals surface area contributed by atoms with Crippen LogP contribution in [0, 0.1) is 34.5 Å². The minimum absolute atomic E-state index is 0. The Bertz CT molecular complexity index is 718. The van der Waals surface area contributed by atoms with Gasteiger partial charge >= 0.3 is 11.9 Å². The minimum atomic E-state index is -0.132. The van der Waals surface area contributed by atoms with Gasteiger partial charge in [0.1, 0.15) is 6.79 Å². The molecule has 2 saturated carbocycles. The summed E-state index contributed by atoms with van der Waals surface area (Å²) < 4.78 is 20.5. The van der Waals surface area contributed by atoms with Crippen molar-refractivity contribution < 1.29 is 28.5 Å². The zero-order chi connectivity index (χ0) is 21.9. The molecule has 5 aliphatic rings. The summed E-state index contributed by atoms with van der Waals surface area (Å²) >= 11 is 0. The van der Waals surface area contributed by atoms with Gasteiger partial charge in [-0.3, -0.25) is 9.59 Å². The molecular formula is C26H40O6. The molecule has 1 spiro atoms. The predicted octanol–water partition coefficient (Wildman–Crippen LogP) is 4.68. The third kappa shape index (κ3) is 5.12. The molecule has 6 nitrogen and oxygen atoms in total. The lowest BCUT2D eigenvalue weighted by Crippen LogP contribution is -2.37. The zero-order valence-electron chi connectivity index (χ0n) is 18.8. The number of allylic oxidation sites excluding steroid dienone is 4. The summed E-state index contributed by atoms with van der Waals surface area (Å²) in [5.74, 6) is 2.56. The SMILES string of the molecule is C.COCOCC1(CCC(=O)OC)CC2C=CC1C2.O=C1CCC2(CO1)CC1C=CC2C1. The van der Waals surface area contributed by atoms with Crippen molar-refractivity contribution in [3.05, 3.63) is 24.3 Å². The molecule has 6 heteroatoms. The number of carbonyl (C=O) groups excluding carboxylic acids is 2. The Balaban J connectivity index is 0.000000182. The Hall–Kier alpha value is -1.66. The lowest BCUT2D eigenvalue weighted by molar-refractivity contribution is -0.155. The summed E-state index contributed by atoms with van der Waals surface area (Å²) in [4.78, 5) is 22.3. The van der Waals surface area contributed by atoms with Crippen LogP contribution in [0.3, 0.4) is 0 Å². The Morgan fingerprint density at radius 2 is 1.81 bits per heavy atom. The highest BCUT2D eigenvalue weighted by molar-refractivity contribution is 5.70. The molecule has 32 heavy (non-hydrogen) atoms. The summed E-state index contributed by atoms with van der Waals surface area (Å²) in [5, 5.41) is 0. The average molecular weight is 449 g/mol. The smallest absolute Gasteiger partial charge is 0.305 e. The zero-order valence-corrected chi connectivity index (χ0v) is 18.8. The van der Waals surface area contributed by atoms with Gasteiger partial charge in [0.25, 0.3) is 0 Å². The quantitative estimate of drug-likeness (QED) is 0.244. The van der Waals surface area contributed by atoms with Crippen LogP contribution in [0.1, 0.15) is 58.8 Å². The second-order valence-corrected chi connectivity index (χ2v) is 10.1. The molecule has 0 aromatic rings. The maximum absolute atomic E-state index is 11.3. The molecule has 6 atom stereocenters. The van der Waals surface area contributed by atoms with E-state index in [-0.39, 0.29) is 24.8 Å². The monoisotopic (exact) mass is 448 g/mol. The summed E-state index contributed by atoms with van der Waals surface area (Å²) in [6.07, 6.45) is 17.2. The summed E-state index contributed by atoms with van der Waals surface area (Å²) in [6.45, 7) is 1.67. The molecule has 6 unspecified atom stereocenters. The molecule has 0 N–H and O–H groups in total. The normalized spacial score (nSPS) is 37.8. The fraction of sp³-hybridized carbons (Fsp3) is 0.769. The van der Waals surface area contributed by atoms with E-state index in [4.69, 9.17) is 18.9 Å². The molecule has 1 heterocycles. The lowest BCUT2D eigenvalue weighted by Gasteiger charge is -2.37. The first-order valence-corrected chi connectivity index (χ1v) is 11.6. The largest absolute Gasteiger partial charge is 0.469 e. The minimum Gasteiger partial charge on any atom is -0.469 e. The molecule has 0 aromatic carbocycles. The van der Waals surface area contributed by atoms with Crippen molar-refractivity contribution in [2.45, 2.75) is 58.8 Å². The van der Waals surface area contributed by atoms with Gasteiger partial charge in [-0.25, -0.2) is 0 Å². The first kappa shape index (κ1) is 25.0. The maximum Gasteiger partial charge on any atom is 0.305 e. The van der Waals surface area contributed by atoms with Crippen molar-refractivity contribution in [1.29, 1.82) is 0 Å². The van der Waals surface area contributed by atoms with Crippen molar-refractivity contribution in [3.8, 4) is 0 Å². The number of rotatable bonds is 7. The molecule has 5 rings (SSSR count). The molecule has 4 aliphatic carbocycles. The van der Waals surface area contributed by atoms with Gasteiger partial charge in [-0.1, -0.05) is 31.7 Å². The molecule has 0 aromatic heterocycles. The lowest BCUT2D eigenvalue weighted by atomic mass is 9.72. The van der Waals surface area contributed by atoms with E-state index in [9.17, 15) is 9.59 Å². The number of methoxy groups -OCH3 is 2. The maximum atomic E-state index is 11.3. The first-order chi connectivity index (χ1) is 15.0. The summed E-state index contributed by atoms with van der Waals surface area (Å²) in [7, 11) is 3.07. The van der Waals surface area contributed by atoms with Crippen molar-refractivity contribution in [3.63, 3.8) is 0 Å². The summed E-state index contributed by atoms with van der Waals surface area (Å²) in [6, 6.07) is 0. The Kier molecular flexibility index (Phi) is 8.21. The van der Waals surface area contributed by atoms with E-state index in [1.165, 1.54) is 26.4 Å². The highest BCUT2D eigenvalue weighted by Gasteiger charge is 2.50. The Labute approximate surface area is 192 Å². The van der Waals surface area contributed by atoms with Gasteiger partial charge in [0, 0.05) is 30.8 Å². The van der Waals surface area contributed by atoms with Crippen LogP contribution in [-0.4, -0.2) is 46.2 Å². The molecule has 180 valence electrons. The highest BCUT2D eigenvalue weighted by Crippen LogP contribution is 2.56. The number of fused-ring (bicyclic) bond motifs is 5. The van der Waals surface area contributed by atoms with Gasteiger partial charge in [-0.05, 0) is 62.2 Å². The van der Waals surface area contributed by atoms with Crippen molar-refractivity contribution >= 4 is 11.9 Å². The van der Waals surface area contributed by atoms with Crippen LogP contribution >= 0.6 is 0 Å². The van der Waals surface area contributed by atoms with Gasteiger partial charge < -0.3 is 18.9 Å². The standard InChI is InChI=1S/C14H22O4.C11H14O2.CH4/c1-16-10-18-9-14(6-5-13(15)17-2)8-11-3-4-12(14)7-11;12-10-3-4-11(7-13-10)6-8-1-2-9(11)5-8;/h3-4,11-12H,5-10H2,1-2H3;1-2,8-9H,3-7H2;1H4. The van der Waals surface area contributed by atoms with Crippen LogP contribution in [0.25, 0.3) is 0 Å². The van der Waals surface area contributed by atoms with Crippen LogP contribution in [0.2, 0.25) is 0 Å². The van der Waals surface area contributed by atoms with Crippen LogP contribution < -0.4 is 0 Å². The number of carbonyl (C=O) groups is 2. The van der Waals surface area contributed by atoms with Gasteiger partial charge in [-0.2, -0.15) is 0 Å². The van der Waals surface area contributed by atoms with E-state index in [1.807, 2.05) is 0 Å². The van der Waals surface area contributed by atoms with Crippen LogP contribution in [0.4, 0.5) is 0 Å². The van der Waals surface area contributed by atoms with E-state index >= 15 is 0 Å². The molecule has 4 bridgehead atoms. The number of hydrogen-bond acceptors (Lipinski definition) is 6. The van der Waals surface area contributed by atoms with E-state index in [0.717, 1.165) is 25.2 Å². The van der Waals surface area contributed by atoms with Gasteiger partial charge in [0.2, 0.25) is 0 Å². The van der Waals surface area contributed by atoms with Crippen LogP contribution in [0.15, 0.2) is 24.3 Å². The van der Waals surface area contributed by atoms with Crippen molar-refractivity contribution in [2.24, 2.45) is 34.5 Å². The topological polar surface area (TPSA) is 71.1 Å². The Morgan fingerprint density at radius 1 is 1.09 bits per heavy atom. The highest BCUT2D eigenvalue weighted by atomic mass is 16.7. The summed E-state index contributed by atoms with van der Waals surface area (Å²) in [5.41, 5.74) is 0.444. The third-order valence-electron chi connectivity index (χ3n) is 8.25. The molecular weight excluding hydrogens is 408 g/mol. The first-order valence-electron chi connectivity index (χ1n) is 11.6. The number of ether oxygens (including phenoxy) is 4. The number of esters is 2. The number of hydrogen-bond donors (Lipinski definition) is 0. The molecule has 0 amide bonds. The van der Waals surface area contributed by atoms with Crippen LogP contribution in [0.5, 0.6) is 0 Å². The van der Waals surface area contributed by atoms with Gasteiger partial charge in [-0.15, -0.1) is 0 Å². The Morgan fingerprint density at radius 3 is 2.31 bits per heavy atom. The fourth-order valence-electron chi connectivity index (χ4n) is 6.59. The van der Waals surface area contributed by atoms with E-state index < -0.39 is 0 Å². The number of cyclic esters (lactones) is 1. The van der Waals surface area contributed by atoms with Crippen molar-refractivity contribution in [1.82, 2.24) is 0 Å². The average Bonchev–Trinajstić information content (AvgIpc) is 3.56. The third-order valence-corrected chi connectivity index (χ3v) is 8.25. The molecule has 3 fully saturated rings. The molecule has 1 aliphatic heterocycles. The fourth-order valence-corrected chi connectivity index (χ4v) is 6.59. The van der Waals surface area contributed by atoms with E-state index in [2.05, 4.69) is 24.3 Å². The van der Waals surface area contributed by atoms with E-state index in [0.29, 0.717) is 56.0 Å². The van der Waals surface area contributed by atoms with Gasteiger partial charge in [0.15, 0.2) is 0 Å². The van der Waals surface area contributed by atoms with Crippen LogP contribution in [-0.2, 0) is 28.5 Å². The predicted molar refractivity (Wildman–Crippen MR) is 122 cm³/mol. The second kappa shape index (κ2) is 10.5. The van der Waals surface area contributed by atoms with Crippen molar-refractivity contribution in [2.75, 3.05) is 34.2 Å². The second-order valence-electron chi connectivity index (χ2n) is 10.1. The molecule has 0 radical (unpaired) electrons. The molecule has 1 saturated heterocycles. The van der Waals surface area contributed by atoms with Gasteiger partial charge in [0.05, 0.1) is 20.3 Å².